The SMILES string of the molecule is CNc1nc(Nc2cc(F)c(N3CCOCC3)c(F)c2)c(C(=O)OC)nc1-c1cncc2c1ncn2C. The van der Waals surface area contributed by atoms with Gasteiger partial charge in [-0.3, -0.25) is 4.98 Å². The van der Waals surface area contributed by atoms with Crippen LogP contribution >= 0.6 is 0 Å². The molecule has 37 heavy (non-hydrogen) atoms. The quantitative estimate of drug-likeness (QED) is 0.375. The smallest absolute Gasteiger partial charge is 0.360 e. The molecule has 13 heteroatoms. The van der Waals surface area contributed by atoms with E-state index in [9.17, 15) is 13.6 Å². The first-order chi connectivity index (χ1) is 17.9. The van der Waals surface area contributed by atoms with Crippen LogP contribution in [0.1, 0.15) is 10.5 Å². The molecule has 1 fully saturated rings. The number of hydrogen-bond donors (Lipinski definition) is 2. The van der Waals surface area contributed by atoms with E-state index in [2.05, 4.69) is 30.6 Å². The Balaban J connectivity index is 1.58. The van der Waals surface area contributed by atoms with Crippen LogP contribution < -0.4 is 15.5 Å². The second kappa shape index (κ2) is 9.93. The van der Waals surface area contributed by atoms with Gasteiger partial charge < -0.3 is 29.6 Å². The Kier molecular flexibility index (Phi) is 6.53. The molecule has 0 bridgehead atoms. The zero-order valence-electron chi connectivity index (χ0n) is 20.4. The summed E-state index contributed by atoms with van der Waals surface area (Å²) in [6, 6.07) is 2.28. The number of carbonyl (C=O) groups is 1. The number of anilines is 4. The molecule has 4 heterocycles. The van der Waals surface area contributed by atoms with Crippen LogP contribution in [0.3, 0.4) is 0 Å². The van der Waals surface area contributed by atoms with Gasteiger partial charge in [0.2, 0.25) is 0 Å². The molecule has 192 valence electrons. The molecule has 4 aromatic rings. The molecule has 0 atom stereocenters. The van der Waals surface area contributed by atoms with Gasteiger partial charge in [-0.25, -0.2) is 28.5 Å². The number of esters is 1. The van der Waals surface area contributed by atoms with Crippen LogP contribution in [0.2, 0.25) is 0 Å². The lowest BCUT2D eigenvalue weighted by atomic mass is 10.1. The lowest BCUT2D eigenvalue weighted by Gasteiger charge is -2.29. The maximum atomic E-state index is 15.0. The Morgan fingerprint density at radius 2 is 1.84 bits per heavy atom. The molecule has 0 saturated carbocycles. The zero-order valence-corrected chi connectivity index (χ0v) is 20.4. The van der Waals surface area contributed by atoms with Crippen LogP contribution in [0.5, 0.6) is 0 Å². The molecule has 0 spiro atoms. The van der Waals surface area contributed by atoms with Gasteiger partial charge in [0.05, 0.1) is 43.9 Å². The van der Waals surface area contributed by atoms with E-state index < -0.39 is 17.6 Å². The zero-order chi connectivity index (χ0) is 26.1. The number of benzene rings is 1. The fourth-order valence-electron chi connectivity index (χ4n) is 4.20. The van der Waals surface area contributed by atoms with Gasteiger partial charge in [0, 0.05) is 39.1 Å². The van der Waals surface area contributed by atoms with Crippen molar-refractivity contribution >= 4 is 40.0 Å². The summed E-state index contributed by atoms with van der Waals surface area (Å²) in [5.74, 6) is -2.04. The maximum Gasteiger partial charge on any atom is 0.360 e. The summed E-state index contributed by atoms with van der Waals surface area (Å²) in [6.07, 6.45) is 4.88. The summed E-state index contributed by atoms with van der Waals surface area (Å²) in [4.78, 5) is 32.0. The average molecular weight is 511 g/mol. The minimum Gasteiger partial charge on any atom is -0.464 e. The topological polar surface area (TPSA) is 119 Å². The van der Waals surface area contributed by atoms with E-state index >= 15 is 0 Å². The number of ether oxygens (including phenoxy) is 2. The van der Waals surface area contributed by atoms with Gasteiger partial charge in [-0.15, -0.1) is 0 Å². The predicted molar refractivity (Wildman–Crippen MR) is 133 cm³/mol. The van der Waals surface area contributed by atoms with E-state index in [0.29, 0.717) is 48.9 Å². The molecule has 5 rings (SSSR count). The van der Waals surface area contributed by atoms with E-state index in [4.69, 9.17) is 9.47 Å². The molecule has 2 N–H and O–H groups in total. The van der Waals surface area contributed by atoms with E-state index in [1.54, 1.807) is 35.2 Å². The minimum absolute atomic E-state index is 0.0426. The Bertz CT molecular complexity index is 1460. The monoisotopic (exact) mass is 510 g/mol. The number of imidazole rings is 1. The van der Waals surface area contributed by atoms with Gasteiger partial charge in [0.1, 0.15) is 16.9 Å². The summed E-state index contributed by atoms with van der Waals surface area (Å²) in [7, 11) is 4.68. The van der Waals surface area contributed by atoms with Crippen LogP contribution in [-0.2, 0) is 16.5 Å². The highest BCUT2D eigenvalue weighted by atomic mass is 19.1. The van der Waals surface area contributed by atoms with E-state index in [1.807, 2.05) is 7.05 Å². The Morgan fingerprint density at radius 1 is 1.11 bits per heavy atom. The van der Waals surface area contributed by atoms with Gasteiger partial charge >= 0.3 is 5.97 Å². The number of hydrogen-bond acceptors (Lipinski definition) is 10. The van der Waals surface area contributed by atoms with Gasteiger partial charge in [-0.05, 0) is 12.1 Å². The number of halogens is 2. The van der Waals surface area contributed by atoms with Gasteiger partial charge in [0.15, 0.2) is 29.0 Å². The second-order valence-electron chi connectivity index (χ2n) is 8.28. The van der Waals surface area contributed by atoms with Crippen LogP contribution in [0.15, 0.2) is 30.9 Å². The van der Waals surface area contributed by atoms with Crippen molar-refractivity contribution in [3.63, 3.8) is 0 Å². The molecular formula is C24H24F2N8O3. The highest BCUT2D eigenvalue weighted by Crippen LogP contribution is 2.34. The first kappa shape index (κ1) is 24.3. The van der Waals surface area contributed by atoms with Gasteiger partial charge in [-0.2, -0.15) is 0 Å². The van der Waals surface area contributed by atoms with Crippen molar-refractivity contribution in [2.45, 2.75) is 0 Å². The van der Waals surface area contributed by atoms with Crippen LogP contribution in [0, 0.1) is 11.6 Å². The molecule has 1 saturated heterocycles. The third kappa shape index (κ3) is 4.48. The Morgan fingerprint density at radius 3 is 2.51 bits per heavy atom. The number of pyridine rings is 1. The molecule has 1 aliphatic rings. The summed E-state index contributed by atoms with van der Waals surface area (Å²) >= 11 is 0. The summed E-state index contributed by atoms with van der Waals surface area (Å²) < 4.78 is 42.0. The molecule has 1 aliphatic heterocycles. The van der Waals surface area contributed by atoms with Crippen LogP contribution in [-0.4, -0.2) is 70.9 Å². The Labute approximate surface area is 210 Å². The normalized spacial score (nSPS) is 13.6. The number of nitrogens with one attached hydrogen (secondary N) is 2. The number of rotatable bonds is 6. The summed E-state index contributed by atoms with van der Waals surface area (Å²) in [6.45, 7) is 1.53. The predicted octanol–water partition coefficient (Wildman–Crippen LogP) is 3.11. The molecule has 3 aromatic heterocycles. The largest absolute Gasteiger partial charge is 0.464 e. The van der Waals surface area contributed by atoms with E-state index in [1.165, 1.54) is 7.11 Å². The molecule has 1 aromatic carbocycles. The van der Waals surface area contributed by atoms with Gasteiger partial charge in [-0.1, -0.05) is 0 Å². The second-order valence-corrected chi connectivity index (χ2v) is 8.28. The van der Waals surface area contributed by atoms with Crippen molar-refractivity contribution in [2.75, 3.05) is 56.0 Å². The van der Waals surface area contributed by atoms with Crippen molar-refractivity contribution in [3.8, 4) is 11.3 Å². The number of morpholine rings is 1. The lowest BCUT2D eigenvalue weighted by Crippen LogP contribution is -2.37. The van der Waals surface area contributed by atoms with Crippen molar-refractivity contribution in [3.05, 3.63) is 48.2 Å². The fraction of sp³-hybridized carbons (Fsp3) is 0.292. The third-order valence-corrected chi connectivity index (χ3v) is 6.01. The summed E-state index contributed by atoms with van der Waals surface area (Å²) in [5.41, 5.74) is 1.97. The standard InChI is InChI=1S/C24H24F2N8O3/c1-27-22-19(14-10-28-11-17-18(14)29-12-33(17)2)31-20(24(35)36-3)23(32-22)30-13-8-15(25)21(16(26)9-13)34-4-6-37-7-5-34/h8-12H,4-7H2,1-3H3,(H2,27,30,32). The fourth-order valence-corrected chi connectivity index (χ4v) is 4.20. The average Bonchev–Trinajstić information content (AvgIpc) is 3.29. The number of aryl methyl sites for hydroxylation is 1. The van der Waals surface area contributed by atoms with Crippen molar-refractivity contribution in [1.29, 1.82) is 0 Å². The number of nitrogens with zero attached hydrogens (tertiary/aromatic N) is 6. The summed E-state index contributed by atoms with van der Waals surface area (Å²) in [5, 5.41) is 5.78. The van der Waals surface area contributed by atoms with Crippen molar-refractivity contribution < 1.29 is 23.0 Å². The third-order valence-electron chi connectivity index (χ3n) is 6.01. The molecular weight excluding hydrogens is 486 g/mol. The lowest BCUT2D eigenvalue weighted by molar-refractivity contribution is 0.0595. The molecule has 0 aliphatic carbocycles. The number of methoxy groups -OCH3 is 1. The van der Waals surface area contributed by atoms with E-state index in [0.717, 1.165) is 17.6 Å². The van der Waals surface area contributed by atoms with E-state index in [-0.39, 0.29) is 22.9 Å². The number of aromatic nitrogens is 5. The maximum absolute atomic E-state index is 15.0. The number of fused-ring (bicyclic) bond motifs is 1. The Hall–Kier alpha value is -4.39. The van der Waals surface area contributed by atoms with Crippen LogP contribution in [0.25, 0.3) is 22.3 Å². The van der Waals surface area contributed by atoms with Crippen molar-refractivity contribution in [2.24, 2.45) is 7.05 Å². The van der Waals surface area contributed by atoms with Gasteiger partial charge in [0.25, 0.3) is 0 Å². The van der Waals surface area contributed by atoms with Crippen LogP contribution in [0.4, 0.5) is 31.8 Å². The first-order valence-electron chi connectivity index (χ1n) is 11.4. The highest BCUT2D eigenvalue weighted by Gasteiger charge is 2.25. The molecule has 0 radical (unpaired) electrons. The molecule has 0 amide bonds. The number of carbonyl (C=O) groups excluding carboxylic acids is 1. The van der Waals surface area contributed by atoms with Crippen molar-refractivity contribution in [1.82, 2.24) is 24.5 Å². The highest BCUT2D eigenvalue weighted by molar-refractivity contribution is 5.98. The minimum atomic E-state index is -0.786. The molecule has 0 unspecified atom stereocenters. The first-order valence-corrected chi connectivity index (χ1v) is 11.4. The molecule has 11 nitrogen and oxygen atoms in total.